The topological polar surface area (TPSA) is 60.4 Å². The second kappa shape index (κ2) is 9.12. The highest BCUT2D eigenvalue weighted by Crippen LogP contribution is 2.31. The van der Waals surface area contributed by atoms with E-state index in [4.69, 9.17) is 9.47 Å². The number of hydrogen-bond acceptors (Lipinski definition) is 7. The van der Waals surface area contributed by atoms with Crippen LogP contribution in [0.5, 0.6) is 16.7 Å². The third kappa shape index (κ3) is 4.85. The number of hydrogen-bond donors (Lipinski definition) is 0. The van der Waals surface area contributed by atoms with E-state index in [1.165, 1.54) is 22.7 Å². The van der Waals surface area contributed by atoms with Crippen molar-refractivity contribution < 1.29 is 9.47 Å². The molecule has 0 saturated carbocycles. The zero-order valence-electron chi connectivity index (χ0n) is 17.0. The predicted octanol–water partition coefficient (Wildman–Crippen LogP) is 4.51. The van der Waals surface area contributed by atoms with Crippen LogP contribution in [0.25, 0.3) is 11.4 Å². The first-order chi connectivity index (χ1) is 13.5. The summed E-state index contributed by atoms with van der Waals surface area (Å²) in [5.74, 6) is 2.07. The zero-order valence-corrected chi connectivity index (χ0v) is 17.8. The Kier molecular flexibility index (Phi) is 6.59. The van der Waals surface area contributed by atoms with Crippen molar-refractivity contribution in [1.82, 2.24) is 19.2 Å². The Morgan fingerprint density at radius 1 is 1.11 bits per heavy atom. The summed E-state index contributed by atoms with van der Waals surface area (Å²) in [5, 5.41) is 0.513. The quantitative estimate of drug-likeness (QED) is 0.556. The summed E-state index contributed by atoms with van der Waals surface area (Å²) >= 11 is 1.23. The Morgan fingerprint density at radius 3 is 2.68 bits per heavy atom. The van der Waals surface area contributed by atoms with Gasteiger partial charge < -0.3 is 14.4 Å². The number of aryl methyl sites for hydroxylation is 2. The number of methoxy groups -OCH3 is 1. The Morgan fingerprint density at radius 2 is 1.93 bits per heavy atom. The first-order valence-corrected chi connectivity index (χ1v) is 10.1. The highest BCUT2D eigenvalue weighted by molar-refractivity contribution is 7.07. The van der Waals surface area contributed by atoms with Gasteiger partial charge >= 0.3 is 0 Å². The maximum Gasteiger partial charge on any atom is 0.299 e. The maximum absolute atomic E-state index is 6.03. The number of benzene rings is 1. The average Bonchev–Trinajstić information content (AvgIpc) is 3.17. The van der Waals surface area contributed by atoms with Crippen LogP contribution in [0.15, 0.2) is 30.6 Å². The summed E-state index contributed by atoms with van der Waals surface area (Å²) in [6.07, 6.45) is 4.40. The van der Waals surface area contributed by atoms with Gasteiger partial charge in [0.2, 0.25) is 0 Å². The fourth-order valence-corrected chi connectivity index (χ4v) is 3.38. The third-order valence-electron chi connectivity index (χ3n) is 4.75. The monoisotopic (exact) mass is 398 g/mol. The third-order valence-corrected chi connectivity index (χ3v) is 5.34. The second-order valence-electron chi connectivity index (χ2n) is 6.79. The molecule has 7 heteroatoms. The molecule has 0 spiro atoms. The van der Waals surface area contributed by atoms with Gasteiger partial charge in [0.05, 0.1) is 13.3 Å². The van der Waals surface area contributed by atoms with Crippen LogP contribution in [0.1, 0.15) is 23.6 Å². The lowest BCUT2D eigenvalue weighted by molar-refractivity contribution is 0.357. The number of nitrogens with zero attached hydrogens (tertiary/aromatic N) is 4. The van der Waals surface area contributed by atoms with Gasteiger partial charge in [-0.25, -0.2) is 0 Å². The minimum absolute atomic E-state index is 0.513. The molecule has 3 aromatic rings. The SMILES string of the molecule is CCN(C)CCc1cc(C)c(Oc2nc(-c3cncc(OC)c3)ns2)cc1C. The molecule has 1 aromatic carbocycles. The number of rotatable bonds is 8. The van der Waals surface area contributed by atoms with Gasteiger partial charge in [-0.1, -0.05) is 13.0 Å². The van der Waals surface area contributed by atoms with E-state index in [0.717, 1.165) is 36.4 Å². The fraction of sp³-hybridized carbons (Fsp3) is 0.381. The van der Waals surface area contributed by atoms with E-state index >= 15 is 0 Å². The molecule has 0 aliphatic carbocycles. The van der Waals surface area contributed by atoms with Crippen molar-refractivity contribution in [1.29, 1.82) is 0 Å². The summed E-state index contributed by atoms with van der Waals surface area (Å²) in [5.41, 5.74) is 4.48. The molecule has 0 atom stereocenters. The van der Waals surface area contributed by atoms with Gasteiger partial charge in [0, 0.05) is 29.8 Å². The molecule has 0 N–H and O–H groups in total. The van der Waals surface area contributed by atoms with Crippen molar-refractivity contribution in [3.05, 3.63) is 47.3 Å². The lowest BCUT2D eigenvalue weighted by Gasteiger charge is -2.16. The molecule has 0 radical (unpaired) electrons. The molecular formula is C21H26N4O2S. The summed E-state index contributed by atoms with van der Waals surface area (Å²) in [7, 11) is 3.75. The van der Waals surface area contributed by atoms with Crippen molar-refractivity contribution >= 4 is 11.5 Å². The number of aromatic nitrogens is 3. The van der Waals surface area contributed by atoms with Gasteiger partial charge in [0.25, 0.3) is 5.19 Å². The van der Waals surface area contributed by atoms with Gasteiger partial charge in [-0.05, 0) is 62.7 Å². The van der Waals surface area contributed by atoms with E-state index in [-0.39, 0.29) is 0 Å². The Bertz CT molecular complexity index is 942. The summed E-state index contributed by atoms with van der Waals surface area (Å²) < 4.78 is 15.6. The Labute approximate surface area is 170 Å². The normalized spacial score (nSPS) is 11.1. The summed E-state index contributed by atoms with van der Waals surface area (Å²) in [6.45, 7) is 8.47. The lowest BCUT2D eigenvalue weighted by Crippen LogP contribution is -2.20. The molecule has 0 saturated heterocycles. The van der Waals surface area contributed by atoms with Crippen LogP contribution < -0.4 is 9.47 Å². The molecule has 6 nitrogen and oxygen atoms in total. The van der Waals surface area contributed by atoms with Crippen molar-refractivity contribution in [2.24, 2.45) is 0 Å². The molecule has 2 heterocycles. The first kappa shape index (κ1) is 20.2. The molecule has 0 aliphatic rings. The minimum atomic E-state index is 0.513. The van der Waals surface area contributed by atoms with E-state index in [2.05, 4.69) is 59.2 Å². The summed E-state index contributed by atoms with van der Waals surface area (Å²) in [6, 6.07) is 6.16. The van der Waals surface area contributed by atoms with Gasteiger partial charge in [-0.2, -0.15) is 9.36 Å². The fourth-order valence-electron chi connectivity index (χ4n) is 2.81. The molecular weight excluding hydrogens is 372 g/mol. The number of likely N-dealkylation sites (N-methyl/N-ethyl adjacent to an activating group) is 1. The van der Waals surface area contributed by atoms with Crippen LogP contribution in [-0.4, -0.2) is 46.5 Å². The van der Waals surface area contributed by atoms with Gasteiger partial charge in [-0.3, -0.25) is 4.98 Å². The highest BCUT2D eigenvalue weighted by atomic mass is 32.1. The molecule has 0 amide bonds. The van der Waals surface area contributed by atoms with E-state index < -0.39 is 0 Å². The zero-order chi connectivity index (χ0) is 20.1. The molecule has 148 valence electrons. The standard InChI is InChI=1S/C21H26N4O2S/c1-6-25(4)8-7-16-9-15(3)19(10-14(16)2)27-21-23-20(24-28-21)17-11-18(26-5)13-22-12-17/h9-13H,6-8H2,1-5H3. The largest absolute Gasteiger partial charge is 0.495 e. The average molecular weight is 399 g/mol. The molecule has 2 aromatic heterocycles. The molecule has 28 heavy (non-hydrogen) atoms. The Balaban J connectivity index is 1.75. The Hall–Kier alpha value is -2.51. The van der Waals surface area contributed by atoms with Crippen LogP contribution in [0.2, 0.25) is 0 Å². The first-order valence-electron chi connectivity index (χ1n) is 9.29. The van der Waals surface area contributed by atoms with Crippen LogP contribution in [0, 0.1) is 13.8 Å². The van der Waals surface area contributed by atoms with Gasteiger partial charge in [0.1, 0.15) is 11.5 Å². The van der Waals surface area contributed by atoms with Crippen molar-refractivity contribution in [3.63, 3.8) is 0 Å². The number of pyridine rings is 1. The maximum atomic E-state index is 6.03. The molecule has 3 rings (SSSR count). The molecule has 0 bridgehead atoms. The highest BCUT2D eigenvalue weighted by Gasteiger charge is 2.12. The van der Waals surface area contributed by atoms with Crippen molar-refractivity contribution in [2.75, 3.05) is 27.2 Å². The van der Waals surface area contributed by atoms with Crippen molar-refractivity contribution in [3.8, 4) is 28.1 Å². The second-order valence-corrected chi connectivity index (χ2v) is 7.50. The van der Waals surface area contributed by atoms with Crippen LogP contribution >= 0.6 is 11.5 Å². The number of ether oxygens (including phenoxy) is 2. The summed E-state index contributed by atoms with van der Waals surface area (Å²) in [4.78, 5) is 11.0. The molecule has 0 unspecified atom stereocenters. The predicted molar refractivity (Wildman–Crippen MR) is 113 cm³/mol. The van der Waals surface area contributed by atoms with Crippen LogP contribution in [0.4, 0.5) is 0 Å². The van der Waals surface area contributed by atoms with Gasteiger partial charge in [0.15, 0.2) is 5.82 Å². The van der Waals surface area contributed by atoms with Crippen molar-refractivity contribution in [2.45, 2.75) is 27.2 Å². The van der Waals surface area contributed by atoms with Crippen LogP contribution in [-0.2, 0) is 6.42 Å². The lowest BCUT2D eigenvalue weighted by atomic mass is 10.0. The van der Waals surface area contributed by atoms with Crippen LogP contribution in [0.3, 0.4) is 0 Å². The van der Waals surface area contributed by atoms with E-state index in [0.29, 0.717) is 16.8 Å². The minimum Gasteiger partial charge on any atom is -0.495 e. The van der Waals surface area contributed by atoms with E-state index in [1.54, 1.807) is 19.5 Å². The smallest absolute Gasteiger partial charge is 0.299 e. The molecule has 0 aliphatic heterocycles. The van der Waals surface area contributed by atoms with Gasteiger partial charge in [-0.15, -0.1) is 0 Å². The van der Waals surface area contributed by atoms with E-state index in [1.807, 2.05) is 6.07 Å². The van der Waals surface area contributed by atoms with E-state index in [9.17, 15) is 0 Å². The molecule has 0 fully saturated rings.